The minimum absolute atomic E-state index is 0.245. The van der Waals surface area contributed by atoms with Gasteiger partial charge in [0.05, 0.1) is 15.6 Å². The van der Waals surface area contributed by atoms with Crippen LogP contribution in [0.15, 0.2) is 54.6 Å². The molecule has 1 N–H and O–H groups in total. The number of benzene rings is 3. The number of Topliss-reactive ketones (excluding diaryl/α,β-unsaturated/α-hetero) is 1. The second-order valence-corrected chi connectivity index (χ2v) is 6.18. The van der Waals surface area contributed by atoms with Crippen LogP contribution in [0.25, 0.3) is 10.8 Å². The lowest BCUT2D eigenvalue weighted by atomic mass is 9.95. The Kier molecular flexibility index (Phi) is 3.13. The highest BCUT2D eigenvalue weighted by molar-refractivity contribution is 6.42. The minimum atomic E-state index is -2.10. The van der Waals surface area contributed by atoms with Gasteiger partial charge in [0.25, 0.3) is 5.79 Å². The van der Waals surface area contributed by atoms with Crippen LogP contribution in [0.4, 0.5) is 0 Å². The average Bonchev–Trinajstić information content (AvgIpc) is 2.82. The van der Waals surface area contributed by atoms with Crippen molar-refractivity contribution in [2.24, 2.45) is 0 Å². The van der Waals surface area contributed by atoms with E-state index in [1.807, 2.05) is 30.3 Å². The van der Waals surface area contributed by atoms with E-state index in [-0.39, 0.29) is 10.6 Å². The first-order chi connectivity index (χ1) is 11.0. The molecular weight excluding hydrogens is 335 g/mol. The monoisotopic (exact) mass is 344 g/mol. The van der Waals surface area contributed by atoms with Crippen molar-refractivity contribution in [3.05, 3.63) is 75.8 Å². The zero-order valence-corrected chi connectivity index (χ0v) is 13.2. The molecule has 0 aromatic heterocycles. The van der Waals surface area contributed by atoms with Crippen LogP contribution in [0.5, 0.6) is 5.75 Å². The van der Waals surface area contributed by atoms with E-state index in [0.717, 1.165) is 10.8 Å². The van der Waals surface area contributed by atoms with Gasteiger partial charge in [-0.05, 0) is 29.0 Å². The molecule has 0 radical (unpaired) electrons. The van der Waals surface area contributed by atoms with Gasteiger partial charge >= 0.3 is 0 Å². The average molecular weight is 345 g/mol. The largest absolute Gasteiger partial charge is 0.450 e. The zero-order valence-electron chi connectivity index (χ0n) is 11.7. The number of carbonyl (C=O) groups excluding carboxylic acids is 1. The first kappa shape index (κ1) is 14.5. The summed E-state index contributed by atoms with van der Waals surface area (Å²) in [6, 6.07) is 15.5. The summed E-state index contributed by atoms with van der Waals surface area (Å²) in [6.07, 6.45) is 0. The maximum atomic E-state index is 12.9. The van der Waals surface area contributed by atoms with Crippen molar-refractivity contribution < 1.29 is 14.6 Å². The van der Waals surface area contributed by atoms with E-state index in [4.69, 9.17) is 27.9 Å². The standard InChI is InChI=1S/C18H10Cl2O3/c19-13-7-6-11(9-14(13)20)18(22)17(21)16-12-4-2-1-3-10(12)5-8-15(16)23-18/h1-9,22H. The fraction of sp³-hybridized carbons (Fsp3) is 0.0556. The lowest BCUT2D eigenvalue weighted by Gasteiger charge is -2.21. The van der Waals surface area contributed by atoms with Gasteiger partial charge in [-0.2, -0.15) is 0 Å². The number of ketones is 1. The van der Waals surface area contributed by atoms with Crippen molar-refractivity contribution in [3.8, 4) is 5.75 Å². The predicted molar refractivity (Wildman–Crippen MR) is 89.3 cm³/mol. The molecule has 3 aromatic carbocycles. The topological polar surface area (TPSA) is 46.5 Å². The van der Waals surface area contributed by atoms with E-state index < -0.39 is 11.6 Å². The summed E-state index contributed by atoms with van der Waals surface area (Å²) in [6.45, 7) is 0. The van der Waals surface area contributed by atoms with Crippen LogP contribution < -0.4 is 4.74 Å². The number of hydrogen-bond donors (Lipinski definition) is 1. The summed E-state index contributed by atoms with van der Waals surface area (Å²) in [5.74, 6) is -2.26. The molecule has 0 amide bonds. The van der Waals surface area contributed by atoms with E-state index in [1.54, 1.807) is 6.07 Å². The predicted octanol–water partition coefficient (Wildman–Crippen LogP) is 4.57. The van der Waals surface area contributed by atoms with E-state index in [9.17, 15) is 9.90 Å². The van der Waals surface area contributed by atoms with Gasteiger partial charge in [0, 0.05) is 5.56 Å². The quantitative estimate of drug-likeness (QED) is 0.703. The SMILES string of the molecule is O=C1c2c(ccc3ccccc23)OC1(O)c1ccc(Cl)c(Cl)c1. The molecule has 5 heteroatoms. The Morgan fingerprint density at radius 1 is 0.957 bits per heavy atom. The maximum absolute atomic E-state index is 12.9. The fourth-order valence-corrected chi connectivity index (χ4v) is 3.14. The number of hydrogen-bond acceptors (Lipinski definition) is 3. The molecule has 114 valence electrons. The summed E-state index contributed by atoms with van der Waals surface area (Å²) in [7, 11) is 0. The Hall–Kier alpha value is -2.07. The highest BCUT2D eigenvalue weighted by Gasteiger charge is 2.49. The van der Waals surface area contributed by atoms with Crippen molar-refractivity contribution in [3.63, 3.8) is 0 Å². The molecule has 1 unspecified atom stereocenters. The van der Waals surface area contributed by atoms with Crippen LogP contribution in [0.2, 0.25) is 10.0 Å². The minimum Gasteiger partial charge on any atom is -0.450 e. The molecule has 3 nitrogen and oxygen atoms in total. The Bertz CT molecular complexity index is 968. The number of aliphatic hydroxyl groups is 1. The van der Waals surface area contributed by atoms with Gasteiger partial charge in [-0.15, -0.1) is 0 Å². The molecule has 1 atom stereocenters. The van der Waals surface area contributed by atoms with E-state index in [1.165, 1.54) is 18.2 Å². The second kappa shape index (κ2) is 4.96. The Morgan fingerprint density at radius 3 is 2.52 bits per heavy atom. The molecule has 23 heavy (non-hydrogen) atoms. The Morgan fingerprint density at radius 2 is 1.74 bits per heavy atom. The zero-order chi connectivity index (χ0) is 16.2. The lowest BCUT2D eigenvalue weighted by Crippen LogP contribution is -2.36. The van der Waals surface area contributed by atoms with Crippen molar-refractivity contribution >= 4 is 39.8 Å². The molecule has 0 aliphatic carbocycles. The normalized spacial score (nSPS) is 19.7. The smallest absolute Gasteiger partial charge is 0.300 e. The first-order valence-corrected chi connectivity index (χ1v) is 7.70. The fourth-order valence-electron chi connectivity index (χ4n) is 2.84. The molecule has 1 aliphatic heterocycles. The molecule has 0 fully saturated rings. The van der Waals surface area contributed by atoms with E-state index in [0.29, 0.717) is 16.3 Å². The molecule has 1 aliphatic rings. The van der Waals surface area contributed by atoms with Crippen LogP contribution in [0, 0.1) is 0 Å². The number of ether oxygens (including phenoxy) is 1. The van der Waals surface area contributed by atoms with Crippen molar-refractivity contribution in [2.45, 2.75) is 5.79 Å². The summed E-state index contributed by atoms with van der Waals surface area (Å²) in [4.78, 5) is 12.9. The summed E-state index contributed by atoms with van der Waals surface area (Å²) < 4.78 is 5.60. The first-order valence-electron chi connectivity index (χ1n) is 6.94. The number of rotatable bonds is 1. The number of halogens is 2. The Labute approximate surface area is 142 Å². The van der Waals surface area contributed by atoms with Crippen LogP contribution in [0.1, 0.15) is 15.9 Å². The van der Waals surface area contributed by atoms with Crippen LogP contribution in [0.3, 0.4) is 0 Å². The van der Waals surface area contributed by atoms with E-state index >= 15 is 0 Å². The molecule has 0 bridgehead atoms. The van der Waals surface area contributed by atoms with Gasteiger partial charge in [0.2, 0.25) is 5.78 Å². The third-order valence-electron chi connectivity index (χ3n) is 3.99. The maximum Gasteiger partial charge on any atom is 0.300 e. The molecule has 3 aromatic rings. The van der Waals surface area contributed by atoms with Gasteiger partial charge in [-0.3, -0.25) is 4.79 Å². The van der Waals surface area contributed by atoms with Crippen LogP contribution in [-0.4, -0.2) is 10.9 Å². The summed E-state index contributed by atoms with van der Waals surface area (Å²) in [5, 5.41) is 13.1. The van der Waals surface area contributed by atoms with Gasteiger partial charge in [-0.1, -0.05) is 59.6 Å². The van der Waals surface area contributed by atoms with Gasteiger partial charge in [0.1, 0.15) is 5.75 Å². The third kappa shape index (κ3) is 2.05. The second-order valence-electron chi connectivity index (χ2n) is 5.36. The molecule has 0 spiro atoms. The molecular formula is C18H10Cl2O3. The van der Waals surface area contributed by atoms with E-state index in [2.05, 4.69) is 0 Å². The molecule has 0 saturated carbocycles. The van der Waals surface area contributed by atoms with Crippen LogP contribution in [-0.2, 0) is 5.79 Å². The van der Waals surface area contributed by atoms with Gasteiger partial charge in [-0.25, -0.2) is 0 Å². The highest BCUT2D eigenvalue weighted by Crippen LogP contribution is 2.43. The van der Waals surface area contributed by atoms with Crippen LogP contribution >= 0.6 is 23.2 Å². The molecule has 4 rings (SSSR count). The van der Waals surface area contributed by atoms with Gasteiger partial charge < -0.3 is 9.84 Å². The van der Waals surface area contributed by atoms with Crippen molar-refractivity contribution in [2.75, 3.05) is 0 Å². The van der Waals surface area contributed by atoms with Gasteiger partial charge in [0.15, 0.2) is 0 Å². The summed E-state index contributed by atoms with van der Waals surface area (Å²) >= 11 is 11.9. The highest BCUT2D eigenvalue weighted by atomic mass is 35.5. The van der Waals surface area contributed by atoms with Crippen molar-refractivity contribution in [1.29, 1.82) is 0 Å². The lowest BCUT2D eigenvalue weighted by molar-refractivity contribution is -0.0959. The summed E-state index contributed by atoms with van der Waals surface area (Å²) in [5.41, 5.74) is 0.619. The number of carbonyl (C=O) groups is 1. The number of fused-ring (bicyclic) bond motifs is 3. The molecule has 1 heterocycles. The Balaban J connectivity index is 1.91. The third-order valence-corrected chi connectivity index (χ3v) is 4.73. The molecule has 0 saturated heterocycles. The van der Waals surface area contributed by atoms with Crippen molar-refractivity contribution in [1.82, 2.24) is 0 Å².